The summed E-state index contributed by atoms with van der Waals surface area (Å²) in [5, 5.41) is 12.1. The van der Waals surface area contributed by atoms with Crippen molar-refractivity contribution in [3.63, 3.8) is 0 Å². The average molecular weight is 272 g/mol. The molecule has 20 heavy (non-hydrogen) atoms. The van der Waals surface area contributed by atoms with E-state index in [0.717, 1.165) is 31.5 Å². The SMILES string of the molecule is O=C(Cn1nnc(-c2cccnc2)n1)N1CCCCC1. The van der Waals surface area contributed by atoms with Gasteiger partial charge in [0.2, 0.25) is 11.7 Å². The fraction of sp³-hybridized carbons (Fsp3) is 0.462. The topological polar surface area (TPSA) is 76.8 Å². The van der Waals surface area contributed by atoms with Gasteiger partial charge in [0.1, 0.15) is 6.54 Å². The number of nitrogens with zero attached hydrogens (tertiary/aromatic N) is 6. The van der Waals surface area contributed by atoms with Gasteiger partial charge in [0, 0.05) is 31.0 Å². The molecule has 0 atom stereocenters. The Labute approximate surface area is 116 Å². The third-order valence-corrected chi connectivity index (χ3v) is 3.36. The van der Waals surface area contributed by atoms with Gasteiger partial charge in [-0.1, -0.05) is 0 Å². The average Bonchev–Trinajstić information content (AvgIpc) is 2.97. The lowest BCUT2D eigenvalue weighted by Crippen LogP contribution is -2.38. The number of hydrogen-bond acceptors (Lipinski definition) is 5. The van der Waals surface area contributed by atoms with Crippen LogP contribution < -0.4 is 0 Å². The lowest BCUT2D eigenvalue weighted by molar-refractivity contribution is -0.133. The van der Waals surface area contributed by atoms with E-state index in [1.54, 1.807) is 12.4 Å². The molecule has 0 spiro atoms. The predicted octanol–water partition coefficient (Wildman–Crippen LogP) is 0.748. The van der Waals surface area contributed by atoms with Crippen LogP contribution >= 0.6 is 0 Å². The first-order valence-electron chi connectivity index (χ1n) is 6.79. The Morgan fingerprint density at radius 3 is 2.85 bits per heavy atom. The van der Waals surface area contributed by atoms with Crippen LogP contribution in [0.1, 0.15) is 19.3 Å². The number of tetrazole rings is 1. The second-order valence-electron chi connectivity index (χ2n) is 4.83. The number of carbonyl (C=O) groups is 1. The minimum Gasteiger partial charge on any atom is -0.341 e. The van der Waals surface area contributed by atoms with Crippen molar-refractivity contribution in [1.82, 2.24) is 30.1 Å². The molecule has 0 aromatic carbocycles. The lowest BCUT2D eigenvalue weighted by Gasteiger charge is -2.26. The van der Waals surface area contributed by atoms with Gasteiger partial charge in [0.15, 0.2) is 0 Å². The maximum Gasteiger partial charge on any atom is 0.246 e. The van der Waals surface area contributed by atoms with E-state index < -0.39 is 0 Å². The summed E-state index contributed by atoms with van der Waals surface area (Å²) in [6.07, 6.45) is 6.73. The molecule has 3 rings (SSSR count). The molecule has 0 radical (unpaired) electrons. The molecule has 0 saturated carbocycles. The Kier molecular flexibility index (Phi) is 3.67. The highest BCUT2D eigenvalue weighted by Crippen LogP contribution is 2.11. The van der Waals surface area contributed by atoms with E-state index in [0.29, 0.717) is 5.82 Å². The summed E-state index contributed by atoms with van der Waals surface area (Å²) in [6, 6.07) is 3.68. The van der Waals surface area contributed by atoms with Gasteiger partial charge < -0.3 is 4.90 Å². The number of aromatic nitrogens is 5. The van der Waals surface area contributed by atoms with Crippen molar-refractivity contribution in [1.29, 1.82) is 0 Å². The van der Waals surface area contributed by atoms with Gasteiger partial charge in [-0.2, -0.15) is 4.80 Å². The molecule has 2 aromatic heterocycles. The Hall–Kier alpha value is -2.31. The van der Waals surface area contributed by atoms with E-state index in [1.165, 1.54) is 11.2 Å². The van der Waals surface area contributed by atoms with Crippen LogP contribution in [-0.4, -0.2) is 49.1 Å². The van der Waals surface area contributed by atoms with E-state index >= 15 is 0 Å². The zero-order valence-electron chi connectivity index (χ0n) is 11.1. The Bertz CT molecular complexity index is 576. The summed E-state index contributed by atoms with van der Waals surface area (Å²) in [5.74, 6) is 0.546. The highest BCUT2D eigenvalue weighted by atomic mass is 16.2. The molecule has 0 N–H and O–H groups in total. The Morgan fingerprint density at radius 1 is 1.25 bits per heavy atom. The Morgan fingerprint density at radius 2 is 2.10 bits per heavy atom. The zero-order valence-corrected chi connectivity index (χ0v) is 11.1. The molecule has 1 aliphatic heterocycles. The van der Waals surface area contributed by atoms with Crippen LogP contribution in [0.2, 0.25) is 0 Å². The molecule has 7 heteroatoms. The van der Waals surface area contributed by atoms with E-state index in [-0.39, 0.29) is 12.5 Å². The fourth-order valence-corrected chi connectivity index (χ4v) is 2.29. The van der Waals surface area contributed by atoms with Crippen molar-refractivity contribution < 1.29 is 4.79 Å². The highest BCUT2D eigenvalue weighted by Gasteiger charge is 2.18. The van der Waals surface area contributed by atoms with Gasteiger partial charge in [0.05, 0.1) is 0 Å². The second kappa shape index (κ2) is 5.77. The minimum absolute atomic E-state index is 0.0554. The number of piperidine rings is 1. The van der Waals surface area contributed by atoms with Crippen LogP contribution in [0.5, 0.6) is 0 Å². The van der Waals surface area contributed by atoms with Crippen molar-refractivity contribution >= 4 is 5.91 Å². The molecule has 1 fully saturated rings. The van der Waals surface area contributed by atoms with Gasteiger partial charge in [-0.05, 0) is 36.6 Å². The molecule has 1 saturated heterocycles. The standard InChI is InChI=1S/C13H16N6O/c20-12(18-7-2-1-3-8-18)10-19-16-13(15-17-19)11-5-4-6-14-9-11/h4-6,9H,1-3,7-8,10H2. The summed E-state index contributed by atoms with van der Waals surface area (Å²) >= 11 is 0. The van der Waals surface area contributed by atoms with E-state index in [2.05, 4.69) is 20.4 Å². The van der Waals surface area contributed by atoms with Crippen molar-refractivity contribution in [3.8, 4) is 11.4 Å². The molecule has 104 valence electrons. The summed E-state index contributed by atoms with van der Waals surface area (Å²) in [6.45, 7) is 1.82. The van der Waals surface area contributed by atoms with E-state index in [1.807, 2.05) is 17.0 Å². The third-order valence-electron chi connectivity index (χ3n) is 3.36. The van der Waals surface area contributed by atoms with Crippen LogP contribution in [0.4, 0.5) is 0 Å². The van der Waals surface area contributed by atoms with Crippen LogP contribution in [-0.2, 0) is 11.3 Å². The summed E-state index contributed by atoms with van der Waals surface area (Å²) in [5.41, 5.74) is 0.796. The molecule has 2 aromatic rings. The number of amides is 1. The van der Waals surface area contributed by atoms with Crippen LogP contribution in [0.15, 0.2) is 24.5 Å². The first-order chi connectivity index (χ1) is 9.83. The number of hydrogen-bond donors (Lipinski definition) is 0. The normalized spacial score (nSPS) is 15.3. The van der Waals surface area contributed by atoms with Gasteiger partial charge in [-0.3, -0.25) is 9.78 Å². The number of carbonyl (C=O) groups excluding carboxylic acids is 1. The molecule has 0 aliphatic carbocycles. The largest absolute Gasteiger partial charge is 0.341 e. The monoisotopic (exact) mass is 272 g/mol. The Balaban J connectivity index is 1.66. The smallest absolute Gasteiger partial charge is 0.246 e. The summed E-state index contributed by atoms with van der Waals surface area (Å²) in [4.78, 5) is 19.3. The van der Waals surface area contributed by atoms with Gasteiger partial charge in [0.25, 0.3) is 0 Å². The molecule has 1 amide bonds. The van der Waals surface area contributed by atoms with Crippen LogP contribution in [0, 0.1) is 0 Å². The zero-order chi connectivity index (χ0) is 13.8. The maximum absolute atomic E-state index is 12.1. The number of likely N-dealkylation sites (tertiary alicyclic amines) is 1. The minimum atomic E-state index is 0.0554. The summed E-state index contributed by atoms with van der Waals surface area (Å²) in [7, 11) is 0. The molecular weight excluding hydrogens is 256 g/mol. The van der Waals surface area contributed by atoms with E-state index in [9.17, 15) is 4.79 Å². The molecule has 0 bridgehead atoms. The highest BCUT2D eigenvalue weighted by molar-refractivity contribution is 5.75. The predicted molar refractivity (Wildman–Crippen MR) is 71.5 cm³/mol. The van der Waals surface area contributed by atoms with Gasteiger partial charge in [-0.15, -0.1) is 10.2 Å². The third kappa shape index (κ3) is 2.81. The molecule has 3 heterocycles. The van der Waals surface area contributed by atoms with Crippen molar-refractivity contribution in [3.05, 3.63) is 24.5 Å². The van der Waals surface area contributed by atoms with Crippen molar-refractivity contribution in [2.45, 2.75) is 25.8 Å². The molecule has 7 nitrogen and oxygen atoms in total. The molecular formula is C13H16N6O. The van der Waals surface area contributed by atoms with Gasteiger partial charge in [-0.25, -0.2) is 0 Å². The van der Waals surface area contributed by atoms with E-state index in [4.69, 9.17) is 0 Å². The maximum atomic E-state index is 12.1. The second-order valence-corrected chi connectivity index (χ2v) is 4.83. The number of rotatable bonds is 3. The number of pyridine rings is 1. The summed E-state index contributed by atoms with van der Waals surface area (Å²) < 4.78 is 0. The van der Waals surface area contributed by atoms with Crippen LogP contribution in [0.3, 0.4) is 0 Å². The first kappa shape index (κ1) is 12.7. The quantitative estimate of drug-likeness (QED) is 0.824. The molecule has 1 aliphatic rings. The molecule has 0 unspecified atom stereocenters. The lowest BCUT2D eigenvalue weighted by atomic mass is 10.1. The van der Waals surface area contributed by atoms with Crippen molar-refractivity contribution in [2.24, 2.45) is 0 Å². The van der Waals surface area contributed by atoms with Crippen molar-refractivity contribution in [2.75, 3.05) is 13.1 Å². The van der Waals surface area contributed by atoms with Gasteiger partial charge >= 0.3 is 0 Å². The fourth-order valence-electron chi connectivity index (χ4n) is 2.29. The first-order valence-corrected chi connectivity index (χ1v) is 6.79. The van der Waals surface area contributed by atoms with Crippen LogP contribution in [0.25, 0.3) is 11.4 Å².